The summed E-state index contributed by atoms with van der Waals surface area (Å²) in [6.45, 7) is 9.63. The summed E-state index contributed by atoms with van der Waals surface area (Å²) in [7, 11) is -3.91. The summed E-state index contributed by atoms with van der Waals surface area (Å²) in [6, 6.07) is 3.18. The van der Waals surface area contributed by atoms with E-state index >= 15 is 0 Å². The Morgan fingerprint density at radius 1 is 1.10 bits per heavy atom. The van der Waals surface area contributed by atoms with Gasteiger partial charge in [-0.3, -0.25) is 24.0 Å². The number of hydrogen-bond donors (Lipinski definition) is 3. The Hall–Kier alpha value is -4.60. The van der Waals surface area contributed by atoms with Crippen LogP contribution in [0, 0.1) is 11.3 Å². The number of cyclic esters (lactones) is 1. The van der Waals surface area contributed by atoms with E-state index in [1.807, 2.05) is 24.3 Å². The molecule has 2 saturated carbocycles. The van der Waals surface area contributed by atoms with Gasteiger partial charge < -0.3 is 29.7 Å². The van der Waals surface area contributed by atoms with E-state index in [0.29, 0.717) is 25.0 Å². The number of amides is 5. The normalized spacial score (nSPS) is 29.1. The van der Waals surface area contributed by atoms with Crippen LogP contribution in [0.25, 0.3) is 0 Å². The zero-order valence-electron chi connectivity index (χ0n) is 29.0. The fraction of sp³-hybridized carbons (Fsp3) is 0.571. The first kappa shape index (κ1) is 36.2. The van der Waals surface area contributed by atoms with Crippen LogP contribution < -0.4 is 20.1 Å². The number of benzene rings is 1. The van der Waals surface area contributed by atoms with Crippen molar-refractivity contribution < 1.29 is 46.6 Å². The third-order valence-electron chi connectivity index (χ3n) is 9.96. The molecule has 0 spiro atoms. The molecule has 4 bridgehead atoms. The summed E-state index contributed by atoms with van der Waals surface area (Å²) in [6.07, 6.45) is 3.98. The van der Waals surface area contributed by atoms with Gasteiger partial charge in [0.2, 0.25) is 21.8 Å². The van der Waals surface area contributed by atoms with Gasteiger partial charge in [-0.05, 0) is 42.7 Å². The standard InChI is InChI=1S/C35H45N5O10S/c1-5-22-17-35(22,31(43)38-51(46,47)24-12-13-24)37-29(41)26-16-23-19-40(26)30(42)28(34(2,3)4)36-32(44)49-15-8-6-7-14-48-27-11-9-10-21-18-39(20-25(21)27)33(45)50-23/h5-7,9-11,22-24,26,28H,1,8,12-20H2,2-4H3,(H,36,44)(H,37,41)(H,38,43)/b7-6+/t22-,23+,26?,28+,35-/m0/s1. The average Bonchev–Trinajstić information content (AvgIpc) is 3.96. The van der Waals surface area contributed by atoms with Gasteiger partial charge in [-0.1, -0.05) is 51.1 Å². The van der Waals surface area contributed by atoms with E-state index in [9.17, 15) is 32.4 Å². The fourth-order valence-corrected chi connectivity index (χ4v) is 8.15. The summed E-state index contributed by atoms with van der Waals surface area (Å²) >= 11 is 0. The second kappa shape index (κ2) is 13.8. The molecule has 2 aliphatic carbocycles. The van der Waals surface area contributed by atoms with Crippen LogP contribution in [0.4, 0.5) is 9.59 Å². The Labute approximate surface area is 297 Å². The molecule has 1 unspecified atom stereocenters. The number of hydrogen-bond acceptors (Lipinski definition) is 10. The molecule has 3 N–H and O–H groups in total. The topological polar surface area (TPSA) is 190 Å². The lowest BCUT2D eigenvalue weighted by Crippen LogP contribution is -2.60. The summed E-state index contributed by atoms with van der Waals surface area (Å²) in [5.74, 6) is -2.15. The van der Waals surface area contributed by atoms with Gasteiger partial charge in [0.05, 0.1) is 24.9 Å². The lowest BCUT2D eigenvalue weighted by Gasteiger charge is -2.35. The molecule has 16 heteroatoms. The number of nitrogens with zero attached hydrogens (tertiary/aromatic N) is 2. The van der Waals surface area contributed by atoms with E-state index in [-0.39, 0.29) is 45.7 Å². The largest absolute Gasteiger partial charge is 0.489 e. The molecule has 51 heavy (non-hydrogen) atoms. The Bertz CT molecular complexity index is 1750. The number of carbonyl (C=O) groups excluding carboxylic acids is 5. The summed E-state index contributed by atoms with van der Waals surface area (Å²) < 4.78 is 44.6. The summed E-state index contributed by atoms with van der Waals surface area (Å²) in [5.41, 5.74) is -0.685. The lowest BCUT2D eigenvalue weighted by molar-refractivity contribution is -0.142. The molecule has 276 valence electrons. The second-order valence-corrected chi connectivity index (χ2v) is 16.8. The number of carbonyl (C=O) groups is 5. The molecular weight excluding hydrogens is 682 g/mol. The van der Waals surface area contributed by atoms with Crippen LogP contribution >= 0.6 is 0 Å². The lowest BCUT2D eigenvalue weighted by atomic mass is 9.85. The number of sulfonamides is 1. The van der Waals surface area contributed by atoms with Crippen molar-refractivity contribution in [1.29, 1.82) is 0 Å². The maximum atomic E-state index is 14.3. The van der Waals surface area contributed by atoms with Crippen LogP contribution in [0.3, 0.4) is 0 Å². The number of nitrogens with one attached hydrogen (secondary N) is 3. The van der Waals surface area contributed by atoms with Gasteiger partial charge >= 0.3 is 12.2 Å². The molecule has 5 amide bonds. The third kappa shape index (κ3) is 7.70. The zero-order valence-corrected chi connectivity index (χ0v) is 29.8. The minimum absolute atomic E-state index is 0.0426. The molecule has 3 aliphatic heterocycles. The molecule has 6 rings (SSSR count). The van der Waals surface area contributed by atoms with Crippen molar-refractivity contribution in [3.63, 3.8) is 0 Å². The highest BCUT2D eigenvalue weighted by Crippen LogP contribution is 2.45. The van der Waals surface area contributed by atoms with E-state index in [4.69, 9.17) is 14.2 Å². The van der Waals surface area contributed by atoms with Crippen molar-refractivity contribution in [2.75, 3.05) is 19.8 Å². The monoisotopic (exact) mass is 727 g/mol. The molecule has 1 aromatic rings. The SMILES string of the molecule is C=C[C@H]1C[C@@]1(NC(=O)C1C[C@@H]2CN1C(=O)[C@H](C(C)(C)C)NC(=O)OCC/C=C/COc1cccc3c1CN(C3)C(=O)O2)C(=O)NS(=O)(=O)C1CC1. The highest BCUT2D eigenvalue weighted by Gasteiger charge is 2.62. The van der Waals surface area contributed by atoms with Crippen molar-refractivity contribution in [3.8, 4) is 5.75 Å². The number of rotatable bonds is 6. The van der Waals surface area contributed by atoms with Gasteiger partial charge in [-0.25, -0.2) is 18.0 Å². The predicted molar refractivity (Wildman–Crippen MR) is 182 cm³/mol. The zero-order chi connectivity index (χ0) is 36.7. The molecule has 3 heterocycles. The van der Waals surface area contributed by atoms with E-state index in [2.05, 4.69) is 21.9 Å². The van der Waals surface area contributed by atoms with Gasteiger partial charge in [0.25, 0.3) is 5.91 Å². The highest BCUT2D eigenvalue weighted by atomic mass is 32.2. The average molecular weight is 728 g/mol. The van der Waals surface area contributed by atoms with Gasteiger partial charge in [-0.15, -0.1) is 6.58 Å². The van der Waals surface area contributed by atoms with Crippen molar-refractivity contribution in [2.24, 2.45) is 11.3 Å². The van der Waals surface area contributed by atoms with Crippen LogP contribution in [0.15, 0.2) is 43.0 Å². The first-order chi connectivity index (χ1) is 24.1. The predicted octanol–water partition coefficient (Wildman–Crippen LogP) is 2.26. The molecule has 0 aromatic heterocycles. The first-order valence-corrected chi connectivity index (χ1v) is 18.8. The molecular formula is C35H45N5O10S. The van der Waals surface area contributed by atoms with Crippen molar-refractivity contribution >= 4 is 39.9 Å². The van der Waals surface area contributed by atoms with Crippen LogP contribution in [0.5, 0.6) is 5.75 Å². The molecule has 1 aromatic carbocycles. The van der Waals surface area contributed by atoms with Gasteiger partial charge in [0.1, 0.15) is 36.1 Å². The van der Waals surface area contributed by atoms with Crippen LogP contribution in [-0.2, 0) is 47.0 Å². The summed E-state index contributed by atoms with van der Waals surface area (Å²) in [5, 5.41) is 4.72. The minimum Gasteiger partial charge on any atom is -0.489 e. The Kier molecular flexibility index (Phi) is 9.83. The highest BCUT2D eigenvalue weighted by molar-refractivity contribution is 7.91. The Balaban J connectivity index is 1.27. The first-order valence-electron chi connectivity index (χ1n) is 17.2. The molecule has 15 nitrogen and oxygen atoms in total. The second-order valence-electron chi connectivity index (χ2n) is 14.8. The van der Waals surface area contributed by atoms with Gasteiger partial charge in [-0.2, -0.15) is 0 Å². The molecule has 1 saturated heterocycles. The van der Waals surface area contributed by atoms with E-state index in [0.717, 1.165) is 11.1 Å². The Morgan fingerprint density at radius 3 is 2.55 bits per heavy atom. The van der Waals surface area contributed by atoms with E-state index < -0.39 is 80.2 Å². The van der Waals surface area contributed by atoms with Crippen molar-refractivity contribution in [3.05, 3.63) is 54.1 Å². The van der Waals surface area contributed by atoms with E-state index in [1.54, 1.807) is 26.8 Å². The number of ether oxygens (including phenoxy) is 3. The fourth-order valence-electron chi connectivity index (χ4n) is 6.78. The number of fused-ring (bicyclic) bond motifs is 3. The van der Waals surface area contributed by atoms with Gasteiger partial charge in [0, 0.05) is 24.4 Å². The van der Waals surface area contributed by atoms with Crippen molar-refractivity contribution in [1.82, 2.24) is 25.2 Å². The van der Waals surface area contributed by atoms with Gasteiger partial charge in [0.15, 0.2) is 0 Å². The maximum Gasteiger partial charge on any atom is 0.410 e. The molecule has 3 fully saturated rings. The maximum absolute atomic E-state index is 14.3. The smallest absolute Gasteiger partial charge is 0.410 e. The molecule has 0 radical (unpaired) electrons. The molecule has 5 atom stereocenters. The van der Waals surface area contributed by atoms with E-state index in [1.165, 1.54) is 15.9 Å². The Morgan fingerprint density at radius 2 is 1.86 bits per heavy atom. The van der Waals surface area contributed by atoms with Crippen molar-refractivity contribution in [2.45, 2.75) is 94.9 Å². The summed E-state index contributed by atoms with van der Waals surface area (Å²) in [4.78, 5) is 71.0. The third-order valence-corrected chi connectivity index (χ3v) is 11.8. The quantitative estimate of drug-likeness (QED) is 0.367. The van der Waals surface area contributed by atoms with Crippen LogP contribution in [0.2, 0.25) is 0 Å². The van der Waals surface area contributed by atoms with Crippen LogP contribution in [-0.4, -0.2) is 96.9 Å². The van der Waals surface area contributed by atoms with Crippen LogP contribution in [0.1, 0.15) is 64.0 Å². The number of alkyl carbamates (subject to hydrolysis) is 1. The molecule has 5 aliphatic rings. The minimum atomic E-state index is -3.91.